The van der Waals surface area contributed by atoms with Gasteiger partial charge < -0.3 is 21.7 Å². The Labute approximate surface area is 200 Å². The lowest BCUT2D eigenvalue weighted by Gasteiger charge is -2.21. The molecule has 7 nitrogen and oxygen atoms in total. The Morgan fingerprint density at radius 3 is 2.74 bits per heavy atom. The van der Waals surface area contributed by atoms with Crippen LogP contribution in [-0.4, -0.2) is 42.0 Å². The number of rotatable bonds is 10. The Bertz CT molecular complexity index is 1100. The average molecular weight is 460 g/mol. The average Bonchev–Trinajstić information content (AvgIpc) is 3.35. The summed E-state index contributed by atoms with van der Waals surface area (Å²) in [5.41, 5.74) is 8.24. The molecule has 1 aromatic heterocycles. The third-order valence-corrected chi connectivity index (χ3v) is 6.41. The van der Waals surface area contributed by atoms with E-state index in [4.69, 9.17) is 5.73 Å². The van der Waals surface area contributed by atoms with E-state index >= 15 is 0 Å². The summed E-state index contributed by atoms with van der Waals surface area (Å²) in [4.78, 5) is 30.7. The number of fused-ring (bicyclic) bond motifs is 1. The lowest BCUT2D eigenvalue weighted by atomic mass is 9.99. The zero-order valence-corrected chi connectivity index (χ0v) is 19.4. The van der Waals surface area contributed by atoms with E-state index in [-0.39, 0.29) is 17.9 Å². The van der Waals surface area contributed by atoms with Crippen molar-refractivity contribution in [2.24, 2.45) is 11.7 Å². The molecule has 1 fully saturated rings. The number of benzene rings is 2. The van der Waals surface area contributed by atoms with E-state index in [0.29, 0.717) is 31.0 Å². The maximum atomic E-state index is 13.2. The summed E-state index contributed by atoms with van der Waals surface area (Å²) in [7, 11) is 0. The number of aromatic nitrogens is 1. The maximum absolute atomic E-state index is 13.2. The molecule has 7 heteroatoms. The molecule has 3 aromatic rings. The highest BCUT2D eigenvalue weighted by atomic mass is 16.2. The number of carbonyl (C=O) groups is 2. The van der Waals surface area contributed by atoms with Crippen LogP contribution in [0.3, 0.4) is 0 Å². The van der Waals surface area contributed by atoms with Gasteiger partial charge in [-0.15, -0.1) is 0 Å². The predicted octanol–water partition coefficient (Wildman–Crippen LogP) is 3.01. The number of carbonyl (C=O) groups excluding carboxylic acids is 2. The van der Waals surface area contributed by atoms with Gasteiger partial charge in [0.05, 0.1) is 23.4 Å². The van der Waals surface area contributed by atoms with Crippen LogP contribution in [-0.2, 0) is 16.0 Å². The fourth-order valence-corrected chi connectivity index (χ4v) is 4.50. The third-order valence-electron chi connectivity index (χ3n) is 6.41. The summed E-state index contributed by atoms with van der Waals surface area (Å²) in [5, 5.41) is 10.2. The number of hydrogen-bond acceptors (Lipinski definition) is 5. The van der Waals surface area contributed by atoms with E-state index < -0.39 is 6.04 Å². The fourth-order valence-electron chi connectivity index (χ4n) is 4.50. The van der Waals surface area contributed by atoms with Crippen molar-refractivity contribution in [3.63, 3.8) is 0 Å². The molecular weight excluding hydrogens is 426 g/mol. The standard InChI is InChI=1S/C27H33N5O2/c28-14-6-9-20-15-25(29-17-20)27(34)32-24(13-12-19-7-2-1-3-8-19)26(33)31-22-16-21-10-4-5-11-23(21)30-18-22/h1-5,7-8,10-11,16,18,20,24-25,29H,6,9,12-15,17,28H2,(H,31,33)(H,32,34)/t20?,24?,25-/m0/s1. The first kappa shape index (κ1) is 23.9. The molecule has 0 bridgehead atoms. The number of nitrogens with zero attached hydrogens (tertiary/aromatic N) is 1. The van der Waals surface area contributed by atoms with Gasteiger partial charge in [0.15, 0.2) is 0 Å². The van der Waals surface area contributed by atoms with Crippen molar-refractivity contribution in [1.29, 1.82) is 0 Å². The molecule has 178 valence electrons. The van der Waals surface area contributed by atoms with Gasteiger partial charge in [-0.3, -0.25) is 14.6 Å². The minimum Gasteiger partial charge on any atom is -0.343 e. The summed E-state index contributed by atoms with van der Waals surface area (Å²) in [5.74, 6) is 0.0821. The van der Waals surface area contributed by atoms with Crippen LogP contribution in [0.4, 0.5) is 5.69 Å². The van der Waals surface area contributed by atoms with Crippen molar-refractivity contribution < 1.29 is 9.59 Å². The van der Waals surface area contributed by atoms with E-state index in [9.17, 15) is 9.59 Å². The van der Waals surface area contributed by atoms with Gasteiger partial charge in [-0.05, 0) is 68.8 Å². The number of nitrogens with one attached hydrogen (secondary N) is 3. The molecule has 3 atom stereocenters. The first-order chi connectivity index (χ1) is 16.6. The predicted molar refractivity (Wildman–Crippen MR) is 135 cm³/mol. The monoisotopic (exact) mass is 459 g/mol. The molecule has 0 aliphatic carbocycles. The van der Waals surface area contributed by atoms with Crippen LogP contribution in [0.5, 0.6) is 0 Å². The molecule has 1 aliphatic rings. The second kappa shape index (κ2) is 11.7. The highest BCUT2D eigenvalue weighted by Crippen LogP contribution is 2.20. The number of pyridine rings is 1. The number of amides is 2. The van der Waals surface area contributed by atoms with Crippen LogP contribution < -0.4 is 21.7 Å². The van der Waals surface area contributed by atoms with Crippen LogP contribution >= 0.6 is 0 Å². The van der Waals surface area contributed by atoms with Gasteiger partial charge >= 0.3 is 0 Å². The van der Waals surface area contributed by atoms with Gasteiger partial charge in [0.2, 0.25) is 11.8 Å². The highest BCUT2D eigenvalue weighted by Gasteiger charge is 2.31. The van der Waals surface area contributed by atoms with Gasteiger partial charge in [-0.1, -0.05) is 48.5 Å². The summed E-state index contributed by atoms with van der Waals surface area (Å²) in [6, 6.07) is 18.7. The third kappa shape index (κ3) is 6.40. The molecule has 2 aromatic carbocycles. The number of anilines is 1. The topological polar surface area (TPSA) is 109 Å². The molecule has 2 heterocycles. The van der Waals surface area contributed by atoms with Crippen molar-refractivity contribution in [1.82, 2.24) is 15.6 Å². The quantitative estimate of drug-likeness (QED) is 0.373. The zero-order chi connectivity index (χ0) is 23.8. The molecule has 2 amide bonds. The lowest BCUT2D eigenvalue weighted by Crippen LogP contribution is -2.50. The lowest BCUT2D eigenvalue weighted by molar-refractivity contribution is -0.127. The molecular formula is C27H33N5O2. The summed E-state index contributed by atoms with van der Waals surface area (Å²) in [6.07, 6.45) is 5.59. The highest BCUT2D eigenvalue weighted by molar-refractivity contribution is 5.99. The normalized spacial score (nSPS) is 18.5. The molecule has 1 saturated heterocycles. The Kier molecular flexibility index (Phi) is 8.22. The first-order valence-corrected chi connectivity index (χ1v) is 12.1. The first-order valence-electron chi connectivity index (χ1n) is 12.1. The molecule has 1 aliphatic heterocycles. The second-order valence-corrected chi connectivity index (χ2v) is 8.98. The summed E-state index contributed by atoms with van der Waals surface area (Å²) >= 11 is 0. The molecule has 0 radical (unpaired) electrons. The van der Waals surface area contributed by atoms with Crippen molar-refractivity contribution in [3.8, 4) is 0 Å². The Balaban J connectivity index is 1.43. The molecule has 34 heavy (non-hydrogen) atoms. The van der Waals surface area contributed by atoms with Gasteiger partial charge in [-0.2, -0.15) is 0 Å². The largest absolute Gasteiger partial charge is 0.343 e. The van der Waals surface area contributed by atoms with E-state index in [1.165, 1.54) is 0 Å². The minimum atomic E-state index is -0.649. The number of nitrogens with two attached hydrogens (primary N) is 1. The van der Waals surface area contributed by atoms with Crippen molar-refractivity contribution in [2.75, 3.05) is 18.4 Å². The number of aryl methyl sites for hydroxylation is 1. The van der Waals surface area contributed by atoms with Crippen LogP contribution in [0.25, 0.3) is 10.9 Å². The van der Waals surface area contributed by atoms with E-state index in [2.05, 4.69) is 20.9 Å². The van der Waals surface area contributed by atoms with Gasteiger partial charge in [0.25, 0.3) is 0 Å². The zero-order valence-electron chi connectivity index (χ0n) is 19.4. The Morgan fingerprint density at radius 1 is 1.12 bits per heavy atom. The van der Waals surface area contributed by atoms with Crippen molar-refractivity contribution in [2.45, 2.75) is 44.2 Å². The van der Waals surface area contributed by atoms with Crippen LogP contribution in [0.15, 0.2) is 66.9 Å². The van der Waals surface area contributed by atoms with Gasteiger partial charge in [0.1, 0.15) is 6.04 Å². The van der Waals surface area contributed by atoms with Gasteiger partial charge in [-0.25, -0.2) is 0 Å². The van der Waals surface area contributed by atoms with E-state index in [0.717, 1.165) is 42.3 Å². The number of hydrogen-bond donors (Lipinski definition) is 4. The van der Waals surface area contributed by atoms with Crippen molar-refractivity contribution in [3.05, 3.63) is 72.4 Å². The molecule has 4 rings (SSSR count). The van der Waals surface area contributed by atoms with Crippen LogP contribution in [0, 0.1) is 5.92 Å². The Hall–Kier alpha value is -3.29. The van der Waals surface area contributed by atoms with Crippen molar-refractivity contribution >= 4 is 28.4 Å². The van der Waals surface area contributed by atoms with Gasteiger partial charge in [0, 0.05) is 5.39 Å². The van der Waals surface area contributed by atoms with Crippen LogP contribution in [0.2, 0.25) is 0 Å². The Morgan fingerprint density at radius 2 is 1.91 bits per heavy atom. The molecule has 2 unspecified atom stereocenters. The molecule has 0 spiro atoms. The molecule has 0 saturated carbocycles. The maximum Gasteiger partial charge on any atom is 0.247 e. The second-order valence-electron chi connectivity index (χ2n) is 8.98. The van der Waals surface area contributed by atoms with E-state index in [1.807, 2.05) is 60.7 Å². The SMILES string of the molecule is NCCCC1CN[C@H](C(=O)NC(CCc2ccccc2)C(=O)Nc2cnc3ccccc3c2)C1. The molecule has 5 N–H and O–H groups in total. The summed E-state index contributed by atoms with van der Waals surface area (Å²) in [6.45, 7) is 1.47. The van der Waals surface area contributed by atoms with Crippen LogP contribution in [0.1, 0.15) is 31.2 Å². The van der Waals surface area contributed by atoms with E-state index in [1.54, 1.807) is 6.20 Å². The fraction of sp³-hybridized carbons (Fsp3) is 0.370. The smallest absolute Gasteiger partial charge is 0.247 e. The summed E-state index contributed by atoms with van der Waals surface area (Å²) < 4.78 is 0. The number of para-hydroxylation sites is 1. The minimum absolute atomic E-state index is 0.125.